The first kappa shape index (κ1) is 14.8. The van der Waals surface area contributed by atoms with Gasteiger partial charge >= 0.3 is 0 Å². The number of nitrogens with one attached hydrogen (secondary N) is 3. The Kier molecular flexibility index (Phi) is 4.45. The molecule has 0 radical (unpaired) electrons. The Labute approximate surface area is 136 Å². The van der Waals surface area contributed by atoms with E-state index >= 15 is 0 Å². The topological polar surface area (TPSA) is 56.5 Å². The zero-order valence-corrected chi connectivity index (χ0v) is 13.7. The molecule has 4 nitrogen and oxygen atoms in total. The van der Waals surface area contributed by atoms with Crippen LogP contribution in [0.4, 0.5) is 0 Å². The van der Waals surface area contributed by atoms with Crippen molar-refractivity contribution in [2.24, 2.45) is 0 Å². The molecule has 0 aliphatic heterocycles. The van der Waals surface area contributed by atoms with Gasteiger partial charge in [0.15, 0.2) is 0 Å². The van der Waals surface area contributed by atoms with Crippen LogP contribution < -0.4 is 4.72 Å². The van der Waals surface area contributed by atoms with Crippen molar-refractivity contribution in [2.45, 2.75) is 13.5 Å². The summed E-state index contributed by atoms with van der Waals surface area (Å²) in [7, 11) is 0. The van der Waals surface area contributed by atoms with E-state index in [9.17, 15) is 0 Å². The first-order chi connectivity index (χ1) is 10.2. The molecule has 0 atom stereocenters. The van der Waals surface area contributed by atoms with Gasteiger partial charge in [0.05, 0.1) is 21.8 Å². The third-order valence-electron chi connectivity index (χ3n) is 3.22. The van der Waals surface area contributed by atoms with Crippen LogP contribution in [0.5, 0.6) is 0 Å². The smallest absolute Gasteiger partial charge is 0.0833 e. The molecule has 0 spiro atoms. The minimum absolute atomic E-state index is 0.548. The number of hydrogen-bond donors (Lipinski definition) is 3. The third kappa shape index (κ3) is 2.79. The summed E-state index contributed by atoms with van der Waals surface area (Å²) in [5.41, 5.74) is 4.05. The fourth-order valence-corrected chi connectivity index (χ4v) is 3.15. The van der Waals surface area contributed by atoms with Crippen LogP contribution in [0.15, 0.2) is 24.5 Å². The molecule has 0 aliphatic carbocycles. The van der Waals surface area contributed by atoms with Crippen molar-refractivity contribution in [3.05, 3.63) is 40.3 Å². The normalized spacial score (nSPS) is 11.4. The molecule has 2 aromatic heterocycles. The molecular weight excluding hydrogens is 327 g/mol. The molecule has 3 rings (SSSR count). The second kappa shape index (κ2) is 6.32. The zero-order valence-electron chi connectivity index (χ0n) is 11.3. The fraction of sp³-hybridized carbons (Fsp3) is 0.214. The highest BCUT2D eigenvalue weighted by Gasteiger charge is 2.17. The highest BCUT2D eigenvalue weighted by Crippen LogP contribution is 2.38. The van der Waals surface area contributed by atoms with Crippen LogP contribution in [0.2, 0.25) is 10.0 Å². The molecule has 2 heterocycles. The number of halogens is 2. The van der Waals surface area contributed by atoms with E-state index in [4.69, 9.17) is 23.2 Å². The first-order valence-corrected chi connectivity index (χ1v) is 8.29. The molecule has 3 aromatic rings. The molecule has 0 fully saturated rings. The Morgan fingerprint density at radius 2 is 2.19 bits per heavy atom. The van der Waals surface area contributed by atoms with E-state index in [1.54, 1.807) is 11.9 Å². The highest BCUT2D eigenvalue weighted by atomic mass is 35.5. The summed E-state index contributed by atoms with van der Waals surface area (Å²) in [6.45, 7) is 2.82. The zero-order chi connectivity index (χ0) is 14.8. The average molecular weight is 341 g/mol. The van der Waals surface area contributed by atoms with Crippen LogP contribution in [0, 0.1) is 0 Å². The van der Waals surface area contributed by atoms with Gasteiger partial charge in [-0.25, -0.2) is 0 Å². The standard InChI is InChI=1S/C14H14Cl2N4S/c1-2-21-19-7-11-12(8-5-17-18-6-8)9-3-4-10(15)13(16)14(9)20-11/h3-6,19-20H,2,7H2,1H3,(H,17,18). The van der Waals surface area contributed by atoms with Crippen molar-refractivity contribution in [1.82, 2.24) is 19.9 Å². The van der Waals surface area contributed by atoms with Crippen LogP contribution in [0.1, 0.15) is 12.6 Å². The van der Waals surface area contributed by atoms with E-state index < -0.39 is 0 Å². The SMILES string of the molecule is CCSNCc1[nH]c2c(Cl)c(Cl)ccc2c1-c1cn[nH]c1. The Morgan fingerprint density at radius 1 is 1.33 bits per heavy atom. The molecule has 0 unspecified atom stereocenters. The van der Waals surface area contributed by atoms with E-state index in [1.165, 1.54) is 0 Å². The van der Waals surface area contributed by atoms with E-state index in [2.05, 4.69) is 26.8 Å². The van der Waals surface area contributed by atoms with Crippen molar-refractivity contribution in [2.75, 3.05) is 5.75 Å². The Hall–Kier alpha value is -1.14. The van der Waals surface area contributed by atoms with Crippen molar-refractivity contribution in [3.8, 4) is 11.1 Å². The second-order valence-corrected chi connectivity index (χ2v) is 6.44. The van der Waals surface area contributed by atoms with Gasteiger partial charge < -0.3 is 4.98 Å². The molecule has 21 heavy (non-hydrogen) atoms. The summed E-state index contributed by atoms with van der Waals surface area (Å²) in [5.74, 6) is 1.01. The number of aromatic nitrogens is 3. The Balaban J connectivity index is 2.15. The van der Waals surface area contributed by atoms with Gasteiger partial charge in [-0.1, -0.05) is 48.1 Å². The lowest BCUT2D eigenvalue weighted by Crippen LogP contribution is -2.04. The van der Waals surface area contributed by atoms with Gasteiger partial charge in [0.1, 0.15) is 0 Å². The number of aromatic amines is 2. The maximum Gasteiger partial charge on any atom is 0.0833 e. The van der Waals surface area contributed by atoms with E-state index in [-0.39, 0.29) is 0 Å². The van der Waals surface area contributed by atoms with Gasteiger partial charge in [0.25, 0.3) is 0 Å². The summed E-state index contributed by atoms with van der Waals surface area (Å²) in [4.78, 5) is 3.39. The van der Waals surface area contributed by atoms with Gasteiger partial charge in [-0.2, -0.15) is 5.10 Å². The van der Waals surface area contributed by atoms with E-state index in [0.29, 0.717) is 16.6 Å². The average Bonchev–Trinajstić information content (AvgIpc) is 3.10. The molecule has 0 aliphatic rings. The molecular formula is C14H14Cl2N4S. The quantitative estimate of drug-likeness (QED) is 0.469. The number of nitrogens with zero attached hydrogens (tertiary/aromatic N) is 1. The summed E-state index contributed by atoms with van der Waals surface area (Å²) in [5, 5.41) is 9.04. The van der Waals surface area contributed by atoms with Crippen LogP contribution in [-0.2, 0) is 6.54 Å². The van der Waals surface area contributed by atoms with Gasteiger partial charge in [-0.3, -0.25) is 9.82 Å². The van der Waals surface area contributed by atoms with Gasteiger partial charge in [-0.15, -0.1) is 0 Å². The van der Waals surface area contributed by atoms with Crippen LogP contribution in [0.25, 0.3) is 22.0 Å². The molecule has 0 amide bonds. The van der Waals surface area contributed by atoms with Crippen molar-refractivity contribution >= 4 is 46.1 Å². The summed E-state index contributed by atoms with van der Waals surface area (Å²) >= 11 is 14.1. The number of fused-ring (bicyclic) bond motifs is 1. The lowest BCUT2D eigenvalue weighted by atomic mass is 10.1. The van der Waals surface area contributed by atoms with Crippen LogP contribution in [0.3, 0.4) is 0 Å². The Bertz CT molecular complexity index is 752. The summed E-state index contributed by atoms with van der Waals surface area (Å²) in [6.07, 6.45) is 3.68. The Morgan fingerprint density at radius 3 is 2.90 bits per heavy atom. The first-order valence-electron chi connectivity index (χ1n) is 6.54. The molecule has 3 N–H and O–H groups in total. The largest absolute Gasteiger partial charge is 0.356 e. The van der Waals surface area contributed by atoms with E-state index in [0.717, 1.165) is 33.5 Å². The molecule has 7 heteroatoms. The fourth-order valence-electron chi connectivity index (χ4n) is 2.33. The third-order valence-corrected chi connectivity index (χ3v) is 4.67. The molecule has 0 saturated carbocycles. The predicted molar refractivity (Wildman–Crippen MR) is 90.9 cm³/mol. The second-order valence-electron chi connectivity index (χ2n) is 4.50. The monoisotopic (exact) mass is 340 g/mol. The minimum atomic E-state index is 0.548. The van der Waals surface area contributed by atoms with Gasteiger partial charge in [0.2, 0.25) is 0 Å². The highest BCUT2D eigenvalue weighted by molar-refractivity contribution is 7.97. The molecule has 1 aromatic carbocycles. The number of benzene rings is 1. The van der Waals surface area contributed by atoms with E-state index in [1.807, 2.05) is 24.5 Å². The lowest BCUT2D eigenvalue weighted by Gasteiger charge is -2.03. The maximum atomic E-state index is 6.32. The van der Waals surface area contributed by atoms with Crippen molar-refractivity contribution in [3.63, 3.8) is 0 Å². The lowest BCUT2D eigenvalue weighted by molar-refractivity contribution is 0.943. The summed E-state index contributed by atoms with van der Waals surface area (Å²) in [6, 6.07) is 3.81. The number of hydrogen-bond acceptors (Lipinski definition) is 3. The molecule has 0 saturated heterocycles. The van der Waals surface area contributed by atoms with Crippen molar-refractivity contribution in [1.29, 1.82) is 0 Å². The maximum absolute atomic E-state index is 6.32. The van der Waals surface area contributed by atoms with Crippen molar-refractivity contribution < 1.29 is 0 Å². The van der Waals surface area contributed by atoms with Crippen LogP contribution >= 0.6 is 35.1 Å². The predicted octanol–water partition coefficient (Wildman–Crippen LogP) is 4.62. The molecule has 110 valence electrons. The number of H-pyrrole nitrogens is 2. The number of rotatable bonds is 5. The van der Waals surface area contributed by atoms with Crippen LogP contribution in [-0.4, -0.2) is 20.9 Å². The van der Waals surface area contributed by atoms with Gasteiger partial charge in [0, 0.05) is 40.7 Å². The van der Waals surface area contributed by atoms with Gasteiger partial charge in [-0.05, 0) is 6.07 Å². The summed E-state index contributed by atoms with van der Waals surface area (Å²) < 4.78 is 3.33. The minimum Gasteiger partial charge on any atom is -0.356 e. The molecule has 0 bridgehead atoms.